The van der Waals surface area contributed by atoms with Gasteiger partial charge in [-0.05, 0) is 71.2 Å². The molecule has 8 heteroatoms. The normalized spacial score (nSPS) is 12.1. The van der Waals surface area contributed by atoms with E-state index in [0.717, 1.165) is 64.1 Å². The predicted octanol–water partition coefficient (Wildman–Crippen LogP) is 6.15. The predicted molar refractivity (Wildman–Crippen MR) is 125 cm³/mol. The molecule has 190 valence electrons. The summed E-state index contributed by atoms with van der Waals surface area (Å²) in [5.74, 6) is 0. The second kappa shape index (κ2) is 15.2. The van der Waals surface area contributed by atoms with Crippen LogP contribution in [0.5, 0.6) is 0 Å². The number of carbonyl (C=O) groups excluding carboxylic acids is 1. The van der Waals surface area contributed by atoms with Crippen LogP contribution in [0, 0.1) is 0 Å². The first-order valence-corrected chi connectivity index (χ1v) is 12.0. The molecule has 0 aliphatic rings. The second-order valence-corrected chi connectivity index (χ2v) is 9.36. The molecule has 0 aliphatic heterocycles. The number of hydrogen-bond donors (Lipinski definition) is 2. The van der Waals surface area contributed by atoms with E-state index in [9.17, 15) is 18.0 Å². The second-order valence-electron chi connectivity index (χ2n) is 9.36. The van der Waals surface area contributed by atoms with Crippen molar-refractivity contribution in [3.63, 3.8) is 0 Å². The molecule has 1 aromatic carbocycles. The summed E-state index contributed by atoms with van der Waals surface area (Å²) in [6.45, 7) is 7.59. The van der Waals surface area contributed by atoms with E-state index in [1.807, 2.05) is 0 Å². The third-order valence-electron chi connectivity index (χ3n) is 5.13. The van der Waals surface area contributed by atoms with Gasteiger partial charge in [0.25, 0.3) is 0 Å². The summed E-state index contributed by atoms with van der Waals surface area (Å²) in [5.41, 5.74) is -1.37. The van der Waals surface area contributed by atoms with E-state index in [-0.39, 0.29) is 18.7 Å². The Bertz CT molecular complexity index is 676. The Hall–Kier alpha value is -1.80. The van der Waals surface area contributed by atoms with Crippen LogP contribution in [0.1, 0.15) is 83.3 Å². The third-order valence-corrected chi connectivity index (χ3v) is 5.13. The minimum Gasteiger partial charge on any atom is -0.444 e. The van der Waals surface area contributed by atoms with Crippen LogP contribution < -0.4 is 5.32 Å². The highest BCUT2D eigenvalue weighted by molar-refractivity contribution is 5.68. The number of amides is 1. The van der Waals surface area contributed by atoms with Gasteiger partial charge in [-0.15, -0.1) is 0 Å². The summed E-state index contributed by atoms with van der Waals surface area (Å²) in [7, 11) is 0. The lowest BCUT2D eigenvalue weighted by molar-refractivity contribution is -0.138. The topological polar surface area (TPSA) is 61.8 Å². The lowest BCUT2D eigenvalue weighted by Gasteiger charge is -2.28. The number of ether oxygens (including phenoxy) is 1. The van der Waals surface area contributed by atoms with Crippen molar-refractivity contribution in [3.8, 4) is 0 Å². The number of benzene rings is 1. The number of nitrogens with one attached hydrogen (secondary N) is 1. The van der Waals surface area contributed by atoms with Gasteiger partial charge in [0.1, 0.15) is 5.60 Å². The van der Waals surface area contributed by atoms with Crippen molar-refractivity contribution in [2.75, 3.05) is 26.2 Å². The largest absolute Gasteiger partial charge is 0.444 e. The van der Waals surface area contributed by atoms with Crippen molar-refractivity contribution in [1.82, 2.24) is 10.2 Å². The van der Waals surface area contributed by atoms with Crippen LogP contribution in [0.25, 0.3) is 0 Å². The number of hydrogen-bond acceptors (Lipinski definition) is 4. The third kappa shape index (κ3) is 13.5. The molecular weight excluding hydrogens is 433 g/mol. The maximum Gasteiger partial charge on any atom is 0.416 e. The maximum absolute atomic E-state index is 13.4. The molecule has 0 saturated carbocycles. The van der Waals surface area contributed by atoms with Gasteiger partial charge in [0, 0.05) is 19.7 Å². The van der Waals surface area contributed by atoms with E-state index in [2.05, 4.69) is 5.32 Å². The highest BCUT2D eigenvalue weighted by Crippen LogP contribution is 2.32. The Morgan fingerprint density at radius 3 is 2.09 bits per heavy atom. The summed E-state index contributed by atoms with van der Waals surface area (Å²) in [4.78, 5) is 14.0. The average molecular weight is 475 g/mol. The smallest absolute Gasteiger partial charge is 0.416 e. The van der Waals surface area contributed by atoms with Gasteiger partial charge in [0.15, 0.2) is 0 Å². The molecule has 0 aliphatic carbocycles. The molecule has 0 radical (unpaired) electrons. The molecule has 5 nitrogen and oxygen atoms in total. The minimum absolute atomic E-state index is 0.0686. The van der Waals surface area contributed by atoms with Gasteiger partial charge < -0.3 is 20.1 Å². The molecule has 2 N–H and O–H groups in total. The fraction of sp³-hybridized carbons (Fsp3) is 0.720. The highest BCUT2D eigenvalue weighted by Gasteiger charge is 2.34. The van der Waals surface area contributed by atoms with Crippen molar-refractivity contribution in [2.24, 2.45) is 0 Å². The van der Waals surface area contributed by atoms with Crippen molar-refractivity contribution in [2.45, 2.75) is 90.5 Å². The van der Waals surface area contributed by atoms with Crippen LogP contribution in [-0.2, 0) is 17.5 Å². The molecule has 33 heavy (non-hydrogen) atoms. The molecule has 1 rings (SSSR count). The van der Waals surface area contributed by atoms with Crippen LogP contribution in [0.2, 0.25) is 0 Å². The standard InChI is InChI=1S/C25H41F3N2O3/c1-24(2,3)33-23(32)30(20-21-14-8-9-15-22(21)25(26,27)28)18-12-6-4-10-16-29-17-11-5-7-13-19-31/h8-9,14-15,29,31H,4-7,10-13,16-20H2,1-3H3. The summed E-state index contributed by atoms with van der Waals surface area (Å²) < 4.78 is 45.6. The average Bonchev–Trinajstić information content (AvgIpc) is 2.72. The minimum atomic E-state index is -4.47. The summed E-state index contributed by atoms with van der Waals surface area (Å²) in [5, 5.41) is 12.2. The molecule has 0 aromatic heterocycles. The monoisotopic (exact) mass is 474 g/mol. The van der Waals surface area contributed by atoms with Gasteiger partial charge in [-0.1, -0.05) is 43.9 Å². The Kier molecular flexibility index (Phi) is 13.4. The Balaban J connectivity index is 2.49. The number of carbonyl (C=O) groups is 1. The fourth-order valence-electron chi connectivity index (χ4n) is 3.45. The van der Waals surface area contributed by atoms with E-state index in [1.54, 1.807) is 26.8 Å². The Labute approximate surface area is 196 Å². The van der Waals surface area contributed by atoms with Crippen LogP contribution in [0.3, 0.4) is 0 Å². The van der Waals surface area contributed by atoms with E-state index < -0.39 is 23.4 Å². The number of nitrogens with zero attached hydrogens (tertiary/aromatic N) is 1. The lowest BCUT2D eigenvalue weighted by Crippen LogP contribution is -2.37. The SMILES string of the molecule is CC(C)(C)OC(=O)N(CCCCCCNCCCCCCO)Cc1ccccc1C(F)(F)F. The van der Waals surface area contributed by atoms with E-state index in [4.69, 9.17) is 9.84 Å². The Morgan fingerprint density at radius 1 is 0.939 bits per heavy atom. The lowest BCUT2D eigenvalue weighted by atomic mass is 10.1. The molecular formula is C25H41F3N2O3. The van der Waals surface area contributed by atoms with Gasteiger partial charge in [-0.25, -0.2) is 4.79 Å². The molecule has 0 fully saturated rings. The van der Waals surface area contributed by atoms with Gasteiger partial charge in [-0.2, -0.15) is 13.2 Å². The summed E-state index contributed by atoms with van der Waals surface area (Å²) >= 11 is 0. The van der Waals surface area contributed by atoms with Crippen LogP contribution >= 0.6 is 0 Å². The number of unbranched alkanes of at least 4 members (excludes halogenated alkanes) is 6. The van der Waals surface area contributed by atoms with Crippen LogP contribution in [0.4, 0.5) is 18.0 Å². The van der Waals surface area contributed by atoms with Crippen molar-refractivity contribution < 1.29 is 27.8 Å². The number of alkyl halides is 3. The molecule has 0 saturated heterocycles. The summed E-state index contributed by atoms with van der Waals surface area (Å²) in [6, 6.07) is 5.36. The van der Waals surface area contributed by atoms with Gasteiger partial charge in [0.05, 0.1) is 5.56 Å². The number of aliphatic hydroxyl groups excluding tert-OH is 1. The van der Waals surface area contributed by atoms with Gasteiger partial charge >= 0.3 is 12.3 Å². The first-order valence-electron chi connectivity index (χ1n) is 12.0. The molecule has 1 aromatic rings. The van der Waals surface area contributed by atoms with Crippen molar-refractivity contribution in [1.29, 1.82) is 0 Å². The fourth-order valence-corrected chi connectivity index (χ4v) is 3.45. The first-order chi connectivity index (χ1) is 15.5. The quantitative estimate of drug-likeness (QED) is 0.300. The molecule has 0 atom stereocenters. The molecule has 1 amide bonds. The first kappa shape index (κ1) is 29.2. The zero-order valence-corrected chi connectivity index (χ0v) is 20.3. The zero-order chi connectivity index (χ0) is 24.7. The Morgan fingerprint density at radius 2 is 1.52 bits per heavy atom. The molecule has 0 bridgehead atoms. The number of rotatable bonds is 15. The summed E-state index contributed by atoms with van der Waals surface area (Å²) in [6.07, 6.45) is 2.66. The molecule has 0 heterocycles. The molecule has 0 unspecified atom stereocenters. The van der Waals surface area contributed by atoms with E-state index in [0.29, 0.717) is 13.0 Å². The van der Waals surface area contributed by atoms with E-state index in [1.165, 1.54) is 17.0 Å². The highest BCUT2D eigenvalue weighted by atomic mass is 19.4. The van der Waals surface area contributed by atoms with Gasteiger partial charge in [-0.3, -0.25) is 0 Å². The van der Waals surface area contributed by atoms with Crippen molar-refractivity contribution in [3.05, 3.63) is 35.4 Å². The molecule has 0 spiro atoms. The van der Waals surface area contributed by atoms with Gasteiger partial charge in [0.2, 0.25) is 0 Å². The van der Waals surface area contributed by atoms with Crippen LogP contribution in [-0.4, -0.2) is 47.9 Å². The number of halogens is 3. The van der Waals surface area contributed by atoms with Crippen LogP contribution in [0.15, 0.2) is 24.3 Å². The van der Waals surface area contributed by atoms with Crippen molar-refractivity contribution >= 4 is 6.09 Å². The number of aliphatic hydroxyl groups is 1. The zero-order valence-electron chi connectivity index (χ0n) is 20.3. The van der Waals surface area contributed by atoms with E-state index >= 15 is 0 Å². The maximum atomic E-state index is 13.4.